The second-order valence-corrected chi connectivity index (χ2v) is 5.42. The topological polar surface area (TPSA) is 82.8 Å². The fourth-order valence-electron chi connectivity index (χ4n) is 2.75. The second kappa shape index (κ2) is 5.89. The van der Waals surface area contributed by atoms with Gasteiger partial charge in [-0.3, -0.25) is 14.5 Å². The summed E-state index contributed by atoms with van der Waals surface area (Å²) < 4.78 is 5.76. The van der Waals surface area contributed by atoms with Gasteiger partial charge in [0.05, 0.1) is 13.2 Å². The molecule has 0 fully saturated rings. The van der Waals surface area contributed by atoms with Crippen molar-refractivity contribution in [1.29, 1.82) is 0 Å². The fraction of sp³-hybridized carbons (Fsp3) is 0.294. The Labute approximate surface area is 133 Å². The molecule has 0 saturated carbocycles. The molecule has 0 atom stereocenters. The summed E-state index contributed by atoms with van der Waals surface area (Å²) in [6.07, 6.45) is 2.07. The minimum absolute atomic E-state index is 0.000912. The summed E-state index contributed by atoms with van der Waals surface area (Å²) in [4.78, 5) is 24.9. The largest absolute Gasteiger partial charge is 0.461 e. The normalized spacial score (nSPS) is 14.7. The van der Waals surface area contributed by atoms with Crippen molar-refractivity contribution >= 4 is 28.5 Å². The van der Waals surface area contributed by atoms with E-state index in [1.165, 1.54) is 6.08 Å². The van der Waals surface area contributed by atoms with Gasteiger partial charge in [-0.15, -0.1) is 0 Å². The Hall–Kier alpha value is -2.60. The molecule has 120 valence electrons. The third-order valence-electron chi connectivity index (χ3n) is 3.97. The lowest BCUT2D eigenvalue weighted by Crippen LogP contribution is -2.34. The number of fused-ring (bicyclic) bond motifs is 1. The van der Waals surface area contributed by atoms with Crippen LogP contribution in [-0.4, -0.2) is 35.0 Å². The number of furan rings is 1. The second-order valence-electron chi connectivity index (χ2n) is 5.42. The number of anilines is 1. The van der Waals surface area contributed by atoms with Crippen LogP contribution in [0.2, 0.25) is 0 Å². The number of rotatable bonds is 5. The zero-order valence-corrected chi connectivity index (χ0v) is 13.0. The van der Waals surface area contributed by atoms with Crippen molar-refractivity contribution in [3.63, 3.8) is 0 Å². The standard InChI is InChI=1S/C17H18N2O4/c1-3-14-10(2)12-8-11(4-5-15(12)23-14)18-13-9-16(21)19(6-7-20)17(13)22/h4-5,8-9,18,20H,3,6-7H2,1-2H3. The van der Waals surface area contributed by atoms with Crippen molar-refractivity contribution < 1.29 is 19.1 Å². The van der Waals surface area contributed by atoms with Crippen LogP contribution in [0, 0.1) is 6.92 Å². The number of hydrogen-bond acceptors (Lipinski definition) is 5. The molecule has 1 aromatic heterocycles. The molecule has 0 radical (unpaired) electrons. The summed E-state index contributed by atoms with van der Waals surface area (Å²) in [7, 11) is 0. The van der Waals surface area contributed by atoms with Gasteiger partial charge in [0, 0.05) is 23.6 Å². The van der Waals surface area contributed by atoms with Crippen LogP contribution >= 0.6 is 0 Å². The van der Waals surface area contributed by atoms with Crippen molar-refractivity contribution in [2.24, 2.45) is 0 Å². The Morgan fingerprint density at radius 3 is 2.78 bits per heavy atom. The molecule has 0 bridgehead atoms. The Morgan fingerprint density at radius 1 is 1.30 bits per heavy atom. The Morgan fingerprint density at radius 2 is 2.09 bits per heavy atom. The number of amides is 2. The molecule has 2 N–H and O–H groups in total. The van der Waals surface area contributed by atoms with Gasteiger partial charge in [-0.25, -0.2) is 0 Å². The summed E-state index contributed by atoms with van der Waals surface area (Å²) in [6, 6.07) is 5.55. The van der Waals surface area contributed by atoms with Crippen molar-refractivity contribution in [2.75, 3.05) is 18.5 Å². The van der Waals surface area contributed by atoms with Crippen LogP contribution in [-0.2, 0) is 16.0 Å². The molecular formula is C17H18N2O4. The van der Waals surface area contributed by atoms with Crippen LogP contribution in [0.15, 0.2) is 34.4 Å². The summed E-state index contributed by atoms with van der Waals surface area (Å²) >= 11 is 0. The van der Waals surface area contributed by atoms with Crippen LogP contribution in [0.3, 0.4) is 0 Å². The monoisotopic (exact) mass is 314 g/mol. The highest BCUT2D eigenvalue weighted by Gasteiger charge is 2.30. The lowest BCUT2D eigenvalue weighted by atomic mass is 10.1. The Kier molecular flexibility index (Phi) is 3.92. The van der Waals surface area contributed by atoms with Gasteiger partial charge in [0.15, 0.2) is 0 Å². The van der Waals surface area contributed by atoms with Crippen LogP contribution in [0.5, 0.6) is 0 Å². The number of carbonyl (C=O) groups is 2. The number of imide groups is 1. The predicted octanol–water partition coefficient (Wildman–Crippen LogP) is 1.96. The van der Waals surface area contributed by atoms with Gasteiger partial charge in [-0.1, -0.05) is 6.92 Å². The number of β-amino-alcohol motifs (C(OH)–C–C–N with tert-alkyl or cyclic N) is 1. The first-order valence-electron chi connectivity index (χ1n) is 7.52. The smallest absolute Gasteiger partial charge is 0.277 e. The minimum Gasteiger partial charge on any atom is -0.461 e. The molecule has 2 heterocycles. The van der Waals surface area contributed by atoms with Crippen LogP contribution in [0.1, 0.15) is 18.2 Å². The first kappa shape index (κ1) is 15.3. The molecule has 1 aliphatic rings. The molecule has 1 aliphatic heterocycles. The zero-order chi connectivity index (χ0) is 16.6. The third kappa shape index (κ3) is 2.61. The maximum absolute atomic E-state index is 12.1. The van der Waals surface area contributed by atoms with Crippen molar-refractivity contribution in [3.8, 4) is 0 Å². The number of benzene rings is 1. The summed E-state index contributed by atoms with van der Waals surface area (Å²) in [5, 5.41) is 12.9. The zero-order valence-electron chi connectivity index (χ0n) is 13.0. The number of aliphatic hydroxyl groups is 1. The molecule has 6 nitrogen and oxygen atoms in total. The number of nitrogens with zero attached hydrogens (tertiary/aromatic N) is 1. The third-order valence-corrected chi connectivity index (χ3v) is 3.97. The molecule has 1 aromatic carbocycles. The number of nitrogens with one attached hydrogen (secondary N) is 1. The van der Waals surface area contributed by atoms with E-state index in [-0.39, 0.29) is 18.8 Å². The minimum atomic E-state index is -0.428. The lowest BCUT2D eigenvalue weighted by Gasteiger charge is -2.13. The summed E-state index contributed by atoms with van der Waals surface area (Å²) in [5.41, 5.74) is 2.80. The van der Waals surface area contributed by atoms with E-state index < -0.39 is 11.8 Å². The molecule has 23 heavy (non-hydrogen) atoms. The van der Waals surface area contributed by atoms with Gasteiger partial charge < -0.3 is 14.8 Å². The first-order valence-corrected chi connectivity index (χ1v) is 7.52. The highest BCUT2D eigenvalue weighted by Crippen LogP contribution is 2.29. The summed E-state index contributed by atoms with van der Waals surface area (Å²) in [5.74, 6) is 0.0975. The van der Waals surface area contributed by atoms with E-state index in [0.29, 0.717) is 5.69 Å². The SMILES string of the molecule is CCc1oc2ccc(NC3=CC(=O)N(CCO)C3=O)cc2c1C. The molecule has 0 unspecified atom stereocenters. The van der Waals surface area contributed by atoms with Crippen LogP contribution in [0.4, 0.5) is 5.69 Å². The van der Waals surface area contributed by atoms with E-state index >= 15 is 0 Å². The van der Waals surface area contributed by atoms with Crippen LogP contribution in [0.25, 0.3) is 11.0 Å². The van der Waals surface area contributed by atoms with Crippen molar-refractivity contribution in [1.82, 2.24) is 4.90 Å². The van der Waals surface area contributed by atoms with E-state index in [9.17, 15) is 9.59 Å². The van der Waals surface area contributed by atoms with Gasteiger partial charge in [0.2, 0.25) is 0 Å². The molecule has 2 aromatic rings. The van der Waals surface area contributed by atoms with Gasteiger partial charge in [0.25, 0.3) is 11.8 Å². The Balaban J connectivity index is 1.87. The first-order chi connectivity index (χ1) is 11.0. The average Bonchev–Trinajstić information content (AvgIpc) is 2.99. The van der Waals surface area contributed by atoms with Gasteiger partial charge >= 0.3 is 0 Å². The number of aliphatic hydroxyl groups excluding tert-OH is 1. The number of hydrogen-bond donors (Lipinski definition) is 2. The molecule has 3 rings (SSSR count). The Bertz CT molecular complexity index is 819. The quantitative estimate of drug-likeness (QED) is 0.824. The van der Waals surface area contributed by atoms with E-state index in [1.54, 1.807) is 6.07 Å². The number of aryl methyl sites for hydroxylation is 2. The molecule has 6 heteroatoms. The van der Waals surface area contributed by atoms with E-state index in [0.717, 1.165) is 33.6 Å². The molecule has 0 spiro atoms. The average molecular weight is 314 g/mol. The van der Waals surface area contributed by atoms with E-state index in [1.807, 2.05) is 26.0 Å². The lowest BCUT2D eigenvalue weighted by molar-refractivity contribution is -0.137. The summed E-state index contributed by atoms with van der Waals surface area (Å²) in [6.45, 7) is 3.78. The molecular weight excluding hydrogens is 296 g/mol. The molecule has 2 amide bonds. The maximum Gasteiger partial charge on any atom is 0.277 e. The van der Waals surface area contributed by atoms with Crippen molar-refractivity contribution in [3.05, 3.63) is 41.3 Å². The fourth-order valence-corrected chi connectivity index (χ4v) is 2.75. The number of carbonyl (C=O) groups excluding carboxylic acids is 2. The van der Waals surface area contributed by atoms with E-state index in [2.05, 4.69) is 5.32 Å². The highest BCUT2D eigenvalue weighted by molar-refractivity contribution is 6.17. The van der Waals surface area contributed by atoms with Crippen LogP contribution < -0.4 is 5.32 Å². The maximum atomic E-state index is 12.1. The van der Waals surface area contributed by atoms with E-state index in [4.69, 9.17) is 9.52 Å². The van der Waals surface area contributed by atoms with Gasteiger partial charge in [0.1, 0.15) is 17.0 Å². The highest BCUT2D eigenvalue weighted by atomic mass is 16.3. The van der Waals surface area contributed by atoms with Crippen molar-refractivity contribution in [2.45, 2.75) is 20.3 Å². The molecule has 0 saturated heterocycles. The predicted molar refractivity (Wildman–Crippen MR) is 85.8 cm³/mol. The molecule has 0 aliphatic carbocycles. The van der Waals surface area contributed by atoms with Gasteiger partial charge in [-0.2, -0.15) is 0 Å². The van der Waals surface area contributed by atoms with Gasteiger partial charge in [-0.05, 0) is 30.7 Å².